The Balaban J connectivity index is 1.97. The zero-order chi connectivity index (χ0) is 18.7. The second-order valence-electron chi connectivity index (χ2n) is 6.95. The average Bonchev–Trinajstić information content (AvgIpc) is 3.09. The molecule has 1 unspecified atom stereocenters. The van der Waals surface area contributed by atoms with E-state index in [1.165, 1.54) is 13.8 Å². The summed E-state index contributed by atoms with van der Waals surface area (Å²) in [5.41, 5.74) is 0.105. The highest BCUT2D eigenvalue weighted by Crippen LogP contribution is 2.27. The maximum atomic E-state index is 12.8. The van der Waals surface area contributed by atoms with Crippen LogP contribution >= 0.6 is 0 Å². The van der Waals surface area contributed by atoms with Crippen LogP contribution in [0.25, 0.3) is 0 Å². The predicted molar refractivity (Wildman–Crippen MR) is 91.3 cm³/mol. The van der Waals surface area contributed by atoms with Crippen LogP contribution in [-0.4, -0.2) is 61.9 Å². The molecule has 9 heteroatoms. The summed E-state index contributed by atoms with van der Waals surface area (Å²) in [5.74, 6) is -1.54. The highest BCUT2D eigenvalue weighted by Gasteiger charge is 2.47. The van der Waals surface area contributed by atoms with Gasteiger partial charge in [0.15, 0.2) is 9.84 Å². The lowest BCUT2D eigenvalue weighted by Crippen LogP contribution is -2.53. The minimum atomic E-state index is -3.77. The molecule has 0 spiro atoms. The van der Waals surface area contributed by atoms with E-state index in [0.29, 0.717) is 39.1 Å². The van der Waals surface area contributed by atoms with Crippen LogP contribution in [0.3, 0.4) is 0 Å². The largest absolute Gasteiger partial charge is 0.381 e. The lowest BCUT2D eigenvalue weighted by atomic mass is 10.1. The number of nitrogens with one attached hydrogen (secondary N) is 2. The quantitative estimate of drug-likeness (QED) is 0.656. The highest BCUT2D eigenvalue weighted by atomic mass is 32.2. The Bertz CT molecular complexity index is 631. The van der Waals surface area contributed by atoms with Gasteiger partial charge in [-0.05, 0) is 39.5 Å². The van der Waals surface area contributed by atoms with Crippen molar-refractivity contribution in [3.8, 4) is 0 Å². The van der Waals surface area contributed by atoms with Gasteiger partial charge >= 0.3 is 0 Å². The molecule has 0 saturated carbocycles. The number of carbonyl (C=O) groups is 2. The molecule has 2 saturated heterocycles. The Morgan fingerprint density at radius 3 is 2.36 bits per heavy atom. The number of hydrogen-bond acceptors (Lipinski definition) is 7. The molecule has 25 heavy (non-hydrogen) atoms. The van der Waals surface area contributed by atoms with E-state index >= 15 is 0 Å². The topological polar surface area (TPSA) is 123 Å². The average molecular weight is 374 g/mol. The standard InChI is InChI=1S/C16H26N2O6S/c1-16(2,25(21,22)11-5-8-23-9-6-11)15(20)18-14(19)10-12(17)13-4-3-7-24-13/h11,13,17H,3-10H2,1-2H3,(H,18,19,20). The van der Waals surface area contributed by atoms with Gasteiger partial charge in [0.1, 0.15) is 4.75 Å². The van der Waals surface area contributed by atoms with E-state index in [1.807, 2.05) is 0 Å². The van der Waals surface area contributed by atoms with Gasteiger partial charge in [-0.3, -0.25) is 14.9 Å². The minimum Gasteiger partial charge on any atom is -0.381 e. The summed E-state index contributed by atoms with van der Waals surface area (Å²) >= 11 is 0. The van der Waals surface area contributed by atoms with Crippen LogP contribution in [0, 0.1) is 5.41 Å². The van der Waals surface area contributed by atoms with Gasteiger partial charge in [-0.25, -0.2) is 8.42 Å². The van der Waals surface area contributed by atoms with Crippen LogP contribution in [0.5, 0.6) is 0 Å². The minimum absolute atomic E-state index is 0.105. The van der Waals surface area contributed by atoms with E-state index in [0.717, 1.165) is 6.42 Å². The molecule has 2 rings (SSSR count). The SMILES string of the molecule is CC(C)(C(=O)NC(=O)CC(=N)C1CCCO1)S(=O)(=O)C1CCOCC1. The Morgan fingerprint density at radius 2 is 1.80 bits per heavy atom. The third kappa shape index (κ3) is 4.45. The Labute approximate surface area is 148 Å². The Morgan fingerprint density at radius 1 is 1.16 bits per heavy atom. The van der Waals surface area contributed by atoms with E-state index < -0.39 is 31.6 Å². The first-order valence-electron chi connectivity index (χ1n) is 8.50. The number of amides is 2. The van der Waals surface area contributed by atoms with E-state index in [2.05, 4.69) is 5.32 Å². The number of sulfone groups is 1. The molecule has 0 aliphatic carbocycles. The maximum Gasteiger partial charge on any atom is 0.247 e. The van der Waals surface area contributed by atoms with Gasteiger partial charge in [-0.2, -0.15) is 0 Å². The van der Waals surface area contributed by atoms with Gasteiger partial charge in [0.2, 0.25) is 11.8 Å². The molecule has 2 heterocycles. The fourth-order valence-electron chi connectivity index (χ4n) is 2.99. The van der Waals surface area contributed by atoms with Gasteiger partial charge in [-0.1, -0.05) is 0 Å². The molecular formula is C16H26N2O6S. The van der Waals surface area contributed by atoms with Crippen LogP contribution < -0.4 is 5.32 Å². The molecule has 2 amide bonds. The summed E-state index contributed by atoms with van der Waals surface area (Å²) < 4.78 is 34.3. The maximum absolute atomic E-state index is 12.8. The highest BCUT2D eigenvalue weighted by molar-refractivity contribution is 7.94. The molecule has 142 valence electrons. The molecule has 0 aromatic rings. The molecule has 0 bridgehead atoms. The molecule has 2 N–H and O–H groups in total. The lowest BCUT2D eigenvalue weighted by Gasteiger charge is -2.31. The molecule has 0 aromatic heterocycles. The zero-order valence-corrected chi connectivity index (χ0v) is 15.5. The summed E-state index contributed by atoms with van der Waals surface area (Å²) in [4.78, 5) is 24.5. The van der Waals surface area contributed by atoms with Crippen LogP contribution in [0.2, 0.25) is 0 Å². The lowest BCUT2D eigenvalue weighted by molar-refractivity contribution is -0.130. The second-order valence-corrected chi connectivity index (χ2v) is 9.73. The zero-order valence-electron chi connectivity index (χ0n) is 14.7. The van der Waals surface area contributed by atoms with Crippen molar-refractivity contribution in [3.63, 3.8) is 0 Å². The third-order valence-electron chi connectivity index (χ3n) is 4.79. The summed E-state index contributed by atoms with van der Waals surface area (Å²) in [6.07, 6.45) is 1.55. The van der Waals surface area contributed by atoms with Gasteiger partial charge in [-0.15, -0.1) is 0 Å². The third-order valence-corrected chi connectivity index (χ3v) is 7.74. The number of ether oxygens (including phenoxy) is 2. The van der Waals surface area contributed by atoms with Crippen LogP contribution in [0.15, 0.2) is 0 Å². The molecule has 2 fully saturated rings. The van der Waals surface area contributed by atoms with E-state index in [1.54, 1.807) is 0 Å². The monoisotopic (exact) mass is 374 g/mol. The molecule has 8 nitrogen and oxygen atoms in total. The molecule has 1 atom stereocenters. The molecule has 2 aliphatic rings. The van der Waals surface area contributed by atoms with Crippen LogP contribution in [-0.2, 0) is 28.9 Å². The van der Waals surface area contributed by atoms with Gasteiger partial charge in [0, 0.05) is 25.5 Å². The van der Waals surface area contributed by atoms with Crippen molar-refractivity contribution in [2.75, 3.05) is 19.8 Å². The first kappa shape index (κ1) is 20.0. The summed E-state index contributed by atoms with van der Waals surface area (Å²) in [5, 5.41) is 9.35. The van der Waals surface area contributed by atoms with Crippen molar-refractivity contribution >= 4 is 27.4 Å². The smallest absolute Gasteiger partial charge is 0.247 e. The summed E-state index contributed by atoms with van der Waals surface area (Å²) in [7, 11) is -3.77. The van der Waals surface area contributed by atoms with Gasteiger partial charge in [0.05, 0.1) is 17.8 Å². The van der Waals surface area contributed by atoms with Crippen molar-refractivity contribution in [1.29, 1.82) is 5.41 Å². The Kier molecular flexibility index (Phi) is 6.34. The van der Waals surface area contributed by atoms with Crippen molar-refractivity contribution in [3.05, 3.63) is 0 Å². The Hall–Kier alpha value is -1.32. The summed E-state index contributed by atoms with van der Waals surface area (Å²) in [6, 6.07) is 0. The van der Waals surface area contributed by atoms with Gasteiger partial charge < -0.3 is 14.9 Å². The van der Waals surface area contributed by atoms with Gasteiger partial charge in [0.25, 0.3) is 0 Å². The van der Waals surface area contributed by atoms with Crippen molar-refractivity contribution in [2.45, 2.75) is 62.1 Å². The van der Waals surface area contributed by atoms with Crippen LogP contribution in [0.1, 0.15) is 46.0 Å². The van der Waals surface area contributed by atoms with Crippen LogP contribution in [0.4, 0.5) is 0 Å². The molecule has 0 aromatic carbocycles. The molecule has 0 radical (unpaired) electrons. The fourth-order valence-corrected chi connectivity index (χ4v) is 4.95. The van der Waals surface area contributed by atoms with Crippen molar-refractivity contribution < 1.29 is 27.5 Å². The van der Waals surface area contributed by atoms with Crippen molar-refractivity contribution in [1.82, 2.24) is 5.32 Å². The number of carbonyl (C=O) groups excluding carboxylic acids is 2. The number of rotatable bonds is 6. The van der Waals surface area contributed by atoms with E-state index in [-0.39, 0.29) is 18.2 Å². The molecular weight excluding hydrogens is 348 g/mol. The number of imide groups is 1. The number of hydrogen-bond donors (Lipinski definition) is 2. The molecule has 2 aliphatic heterocycles. The second kappa shape index (κ2) is 7.92. The van der Waals surface area contributed by atoms with E-state index in [4.69, 9.17) is 14.9 Å². The van der Waals surface area contributed by atoms with Crippen molar-refractivity contribution in [2.24, 2.45) is 0 Å². The first-order chi connectivity index (χ1) is 11.7. The fraction of sp³-hybridized carbons (Fsp3) is 0.812. The predicted octanol–water partition coefficient (Wildman–Crippen LogP) is 0.590. The normalized spacial score (nSPS) is 22.6. The first-order valence-corrected chi connectivity index (χ1v) is 10.0. The van der Waals surface area contributed by atoms with E-state index in [9.17, 15) is 18.0 Å². The summed E-state index contributed by atoms with van der Waals surface area (Å²) in [6.45, 7) is 3.87.